The Morgan fingerprint density at radius 3 is 2.81 bits per heavy atom. The quantitative estimate of drug-likeness (QED) is 0.900. The molecule has 0 saturated carbocycles. The predicted molar refractivity (Wildman–Crippen MR) is 74.8 cm³/mol. The number of hydrogen-bond acceptors (Lipinski definition) is 4. The van der Waals surface area contributed by atoms with Crippen LogP contribution < -0.4 is 5.32 Å². The first-order valence-corrected chi connectivity index (χ1v) is 7.28. The van der Waals surface area contributed by atoms with Gasteiger partial charge < -0.3 is 19.4 Å². The van der Waals surface area contributed by atoms with E-state index in [1.165, 1.54) is 0 Å². The third kappa shape index (κ3) is 2.81. The normalized spacial score (nSPS) is 27.7. The van der Waals surface area contributed by atoms with E-state index < -0.39 is 0 Å². The van der Waals surface area contributed by atoms with Gasteiger partial charge in [-0.25, -0.2) is 0 Å². The molecule has 2 aliphatic heterocycles. The van der Waals surface area contributed by atoms with Crippen LogP contribution in [0.2, 0.25) is 0 Å². The van der Waals surface area contributed by atoms with Crippen LogP contribution in [0.15, 0.2) is 16.5 Å². The molecule has 1 N–H and O–H groups in total. The lowest BCUT2D eigenvalue weighted by Crippen LogP contribution is -2.32. The van der Waals surface area contributed by atoms with Crippen molar-refractivity contribution in [2.45, 2.75) is 32.0 Å². The Balaban J connectivity index is 1.57. The van der Waals surface area contributed by atoms with E-state index in [0.717, 1.165) is 12.2 Å². The minimum atomic E-state index is -0.0797. The Bertz CT molecular complexity index is 540. The molecule has 3 heterocycles. The maximum absolute atomic E-state index is 12.3. The van der Waals surface area contributed by atoms with Gasteiger partial charge in [0.15, 0.2) is 5.76 Å². The molecular weight excluding hydrogens is 272 g/mol. The third-order valence-corrected chi connectivity index (χ3v) is 4.24. The molecule has 6 nitrogen and oxygen atoms in total. The maximum Gasteiger partial charge on any atom is 0.289 e. The van der Waals surface area contributed by atoms with Crippen LogP contribution in [0.4, 0.5) is 0 Å². The summed E-state index contributed by atoms with van der Waals surface area (Å²) < 4.78 is 11.3. The predicted octanol–water partition coefficient (Wildman–Crippen LogP) is 0.954. The van der Waals surface area contributed by atoms with Crippen LogP contribution in [0.25, 0.3) is 0 Å². The van der Waals surface area contributed by atoms with E-state index in [1.54, 1.807) is 24.1 Å². The smallest absolute Gasteiger partial charge is 0.289 e. The minimum absolute atomic E-state index is 0.000957. The molecular formula is C15H20N2O4. The summed E-state index contributed by atoms with van der Waals surface area (Å²) >= 11 is 0. The van der Waals surface area contributed by atoms with Crippen LogP contribution in [0.5, 0.6) is 0 Å². The highest BCUT2D eigenvalue weighted by molar-refractivity contribution is 5.91. The molecule has 3 atom stereocenters. The van der Waals surface area contributed by atoms with E-state index in [-0.39, 0.29) is 24.0 Å². The van der Waals surface area contributed by atoms with E-state index in [4.69, 9.17) is 9.15 Å². The number of rotatable bonds is 3. The van der Waals surface area contributed by atoms with Crippen molar-refractivity contribution in [3.63, 3.8) is 0 Å². The molecule has 0 unspecified atom stereocenters. The number of carbonyl (C=O) groups excluding carboxylic acids is 2. The molecule has 114 valence electrons. The topological polar surface area (TPSA) is 71.8 Å². The Hall–Kier alpha value is -1.82. The first-order chi connectivity index (χ1) is 10.1. The van der Waals surface area contributed by atoms with Gasteiger partial charge in [0.1, 0.15) is 5.76 Å². The number of fused-ring (bicyclic) bond motifs is 1. The molecule has 6 heteroatoms. The zero-order valence-corrected chi connectivity index (χ0v) is 12.3. The molecule has 1 aromatic rings. The highest BCUT2D eigenvalue weighted by Crippen LogP contribution is 2.34. The van der Waals surface area contributed by atoms with Crippen LogP contribution in [-0.2, 0) is 9.53 Å². The summed E-state index contributed by atoms with van der Waals surface area (Å²) in [5, 5.41) is 2.61. The fraction of sp³-hybridized carbons (Fsp3) is 0.600. The van der Waals surface area contributed by atoms with Crippen LogP contribution in [-0.4, -0.2) is 49.1 Å². The van der Waals surface area contributed by atoms with Crippen molar-refractivity contribution in [1.29, 1.82) is 0 Å². The molecule has 0 radical (unpaired) electrons. The number of nitrogens with zero attached hydrogens (tertiary/aromatic N) is 1. The second-order valence-electron chi connectivity index (χ2n) is 5.79. The van der Waals surface area contributed by atoms with E-state index in [0.29, 0.717) is 31.2 Å². The molecule has 3 rings (SSSR count). The molecule has 1 aromatic heterocycles. The lowest BCUT2D eigenvalue weighted by Gasteiger charge is -2.18. The molecule has 2 aliphatic rings. The molecule has 0 aromatic carbocycles. The number of ether oxygens (including phenoxy) is 1. The monoisotopic (exact) mass is 292 g/mol. The second kappa shape index (κ2) is 5.52. The van der Waals surface area contributed by atoms with Crippen LogP contribution in [0.3, 0.4) is 0 Å². The van der Waals surface area contributed by atoms with Gasteiger partial charge in [-0.15, -0.1) is 0 Å². The second-order valence-corrected chi connectivity index (χ2v) is 5.79. The molecule has 2 fully saturated rings. The van der Waals surface area contributed by atoms with Crippen molar-refractivity contribution in [3.8, 4) is 0 Å². The van der Waals surface area contributed by atoms with Crippen molar-refractivity contribution in [2.75, 3.05) is 20.1 Å². The SMILES string of the molecule is CNC(=O)C[C@H]1C[C@H]2CN(C(=O)c3ccc(C)o3)C[C@H]2O1. The van der Waals surface area contributed by atoms with Gasteiger partial charge in [-0.1, -0.05) is 0 Å². The molecule has 0 bridgehead atoms. The third-order valence-electron chi connectivity index (χ3n) is 4.24. The van der Waals surface area contributed by atoms with E-state index >= 15 is 0 Å². The average Bonchev–Trinajstić information content (AvgIpc) is 3.12. The van der Waals surface area contributed by atoms with Crippen molar-refractivity contribution in [2.24, 2.45) is 5.92 Å². The Kier molecular flexibility index (Phi) is 3.71. The van der Waals surface area contributed by atoms with Gasteiger partial charge in [-0.3, -0.25) is 9.59 Å². The number of amides is 2. The van der Waals surface area contributed by atoms with Gasteiger partial charge in [0.05, 0.1) is 18.6 Å². The summed E-state index contributed by atoms with van der Waals surface area (Å²) in [6.07, 6.45) is 1.25. The number of hydrogen-bond donors (Lipinski definition) is 1. The highest BCUT2D eigenvalue weighted by Gasteiger charge is 2.44. The number of furan rings is 1. The molecule has 0 aliphatic carbocycles. The van der Waals surface area contributed by atoms with Crippen LogP contribution in [0, 0.1) is 12.8 Å². The van der Waals surface area contributed by atoms with Gasteiger partial charge in [0, 0.05) is 26.1 Å². The molecule has 2 saturated heterocycles. The summed E-state index contributed by atoms with van der Waals surface area (Å²) in [6.45, 7) is 3.07. The van der Waals surface area contributed by atoms with Crippen molar-refractivity contribution in [1.82, 2.24) is 10.2 Å². The van der Waals surface area contributed by atoms with E-state index in [9.17, 15) is 9.59 Å². The molecule has 0 spiro atoms. The van der Waals surface area contributed by atoms with E-state index in [1.807, 2.05) is 6.92 Å². The number of nitrogens with one attached hydrogen (secondary N) is 1. The summed E-state index contributed by atoms with van der Waals surface area (Å²) in [5.41, 5.74) is 0. The zero-order chi connectivity index (χ0) is 15.0. The maximum atomic E-state index is 12.3. The van der Waals surface area contributed by atoms with Crippen molar-refractivity contribution >= 4 is 11.8 Å². The van der Waals surface area contributed by atoms with Gasteiger partial charge in [0.25, 0.3) is 5.91 Å². The summed E-state index contributed by atoms with van der Waals surface area (Å²) in [7, 11) is 1.63. The fourth-order valence-corrected chi connectivity index (χ4v) is 3.17. The van der Waals surface area contributed by atoms with Gasteiger partial charge in [-0.05, 0) is 25.5 Å². The Morgan fingerprint density at radius 1 is 1.38 bits per heavy atom. The molecule has 21 heavy (non-hydrogen) atoms. The highest BCUT2D eigenvalue weighted by atomic mass is 16.5. The van der Waals surface area contributed by atoms with Gasteiger partial charge >= 0.3 is 0 Å². The summed E-state index contributed by atoms with van der Waals surface area (Å²) in [5.74, 6) is 1.36. The van der Waals surface area contributed by atoms with Crippen molar-refractivity contribution < 1.29 is 18.7 Å². The molecule has 2 amide bonds. The largest absolute Gasteiger partial charge is 0.456 e. The average molecular weight is 292 g/mol. The Morgan fingerprint density at radius 2 is 2.19 bits per heavy atom. The van der Waals surface area contributed by atoms with Crippen molar-refractivity contribution in [3.05, 3.63) is 23.7 Å². The number of likely N-dealkylation sites (tertiary alicyclic amines) is 1. The first kappa shape index (κ1) is 14.1. The first-order valence-electron chi connectivity index (χ1n) is 7.28. The summed E-state index contributed by atoms with van der Waals surface area (Å²) in [4.78, 5) is 25.5. The lowest BCUT2D eigenvalue weighted by molar-refractivity contribution is -0.123. The minimum Gasteiger partial charge on any atom is -0.456 e. The van der Waals surface area contributed by atoms with Gasteiger partial charge in [0.2, 0.25) is 5.91 Å². The number of aryl methyl sites for hydroxylation is 1. The zero-order valence-electron chi connectivity index (χ0n) is 12.3. The Labute approximate surface area is 123 Å². The number of carbonyl (C=O) groups is 2. The van der Waals surface area contributed by atoms with E-state index in [2.05, 4.69) is 5.32 Å². The van der Waals surface area contributed by atoms with Crippen LogP contribution in [0.1, 0.15) is 29.2 Å². The lowest BCUT2D eigenvalue weighted by atomic mass is 10.0. The van der Waals surface area contributed by atoms with Gasteiger partial charge in [-0.2, -0.15) is 0 Å². The standard InChI is InChI=1S/C15H20N2O4/c1-9-3-4-12(20-9)15(19)17-7-10-5-11(6-14(18)16-2)21-13(10)8-17/h3-4,10-11,13H,5-8H2,1-2H3,(H,16,18)/t10-,11+,13+/m0/s1. The fourth-order valence-electron chi connectivity index (χ4n) is 3.17. The van der Waals surface area contributed by atoms with Crippen LogP contribution >= 0.6 is 0 Å². The summed E-state index contributed by atoms with van der Waals surface area (Å²) in [6, 6.07) is 3.50.